The quantitative estimate of drug-likeness (QED) is 0.760. The Morgan fingerprint density at radius 1 is 1.29 bits per heavy atom. The van der Waals surface area contributed by atoms with Gasteiger partial charge in [-0.15, -0.1) is 11.3 Å². The van der Waals surface area contributed by atoms with E-state index in [0.717, 1.165) is 29.1 Å². The summed E-state index contributed by atoms with van der Waals surface area (Å²) in [6.45, 7) is 2.65. The summed E-state index contributed by atoms with van der Waals surface area (Å²) >= 11 is 1.68. The van der Waals surface area contributed by atoms with Crippen molar-refractivity contribution in [2.24, 2.45) is 0 Å². The Morgan fingerprint density at radius 2 is 2.14 bits per heavy atom. The van der Waals surface area contributed by atoms with E-state index in [-0.39, 0.29) is 5.91 Å². The summed E-state index contributed by atoms with van der Waals surface area (Å²) in [7, 11) is 0. The smallest absolute Gasteiger partial charge is 0.267 e. The van der Waals surface area contributed by atoms with E-state index in [9.17, 15) is 4.79 Å². The first kappa shape index (κ1) is 13.8. The summed E-state index contributed by atoms with van der Waals surface area (Å²) in [6, 6.07) is 11.9. The maximum Gasteiger partial charge on any atom is 0.267 e. The predicted octanol–water partition coefficient (Wildman–Crippen LogP) is 3.16. The minimum atomic E-state index is -0.0594. The SMILES string of the molecule is CCc1ccc(C(=O)NCCc2nc3ccccc3s2)[nH]1. The van der Waals surface area contributed by atoms with Crippen LogP contribution in [0.5, 0.6) is 0 Å². The summed E-state index contributed by atoms with van der Waals surface area (Å²) in [6.07, 6.45) is 1.66. The molecule has 4 nitrogen and oxygen atoms in total. The molecule has 21 heavy (non-hydrogen) atoms. The fraction of sp³-hybridized carbons (Fsp3) is 0.250. The molecular formula is C16H17N3OS. The molecular weight excluding hydrogens is 282 g/mol. The van der Waals surface area contributed by atoms with Gasteiger partial charge in [-0.3, -0.25) is 4.79 Å². The monoisotopic (exact) mass is 299 g/mol. The first-order valence-electron chi connectivity index (χ1n) is 7.07. The number of aromatic nitrogens is 2. The second-order valence-electron chi connectivity index (χ2n) is 4.83. The molecule has 3 rings (SSSR count). The maximum absolute atomic E-state index is 12.0. The van der Waals surface area contributed by atoms with Crippen molar-refractivity contribution in [3.05, 3.63) is 52.8 Å². The Labute approximate surface area is 127 Å². The molecule has 2 N–H and O–H groups in total. The average molecular weight is 299 g/mol. The van der Waals surface area contributed by atoms with Crippen LogP contribution in [0.15, 0.2) is 36.4 Å². The standard InChI is InChI=1S/C16H17N3OS/c1-2-11-7-8-13(18-11)16(20)17-10-9-15-19-12-5-3-4-6-14(12)21-15/h3-8,18H,2,9-10H2,1H3,(H,17,20). The number of thiazole rings is 1. The van der Waals surface area contributed by atoms with E-state index in [4.69, 9.17) is 0 Å². The number of fused-ring (bicyclic) bond motifs is 1. The fourth-order valence-electron chi connectivity index (χ4n) is 2.18. The highest BCUT2D eigenvalue weighted by Crippen LogP contribution is 2.21. The molecule has 0 spiro atoms. The molecule has 3 aromatic rings. The number of rotatable bonds is 5. The van der Waals surface area contributed by atoms with Crippen LogP contribution in [0, 0.1) is 0 Å². The number of hydrogen-bond acceptors (Lipinski definition) is 3. The van der Waals surface area contributed by atoms with Gasteiger partial charge in [0.05, 0.1) is 15.2 Å². The summed E-state index contributed by atoms with van der Waals surface area (Å²) in [4.78, 5) is 19.6. The highest BCUT2D eigenvalue weighted by atomic mass is 32.1. The molecule has 1 aromatic carbocycles. The third-order valence-corrected chi connectivity index (χ3v) is 4.43. The minimum absolute atomic E-state index is 0.0594. The van der Waals surface area contributed by atoms with Crippen molar-refractivity contribution < 1.29 is 4.79 Å². The lowest BCUT2D eigenvalue weighted by molar-refractivity contribution is 0.0949. The summed E-state index contributed by atoms with van der Waals surface area (Å²) in [5.74, 6) is -0.0594. The highest BCUT2D eigenvalue weighted by molar-refractivity contribution is 7.18. The zero-order valence-corrected chi connectivity index (χ0v) is 12.7. The number of benzene rings is 1. The zero-order valence-electron chi connectivity index (χ0n) is 11.8. The van der Waals surface area contributed by atoms with Crippen molar-refractivity contribution in [2.75, 3.05) is 6.54 Å². The van der Waals surface area contributed by atoms with Crippen LogP contribution in [0.25, 0.3) is 10.2 Å². The van der Waals surface area contributed by atoms with Crippen molar-refractivity contribution in [1.82, 2.24) is 15.3 Å². The van der Waals surface area contributed by atoms with Crippen LogP contribution in [0.3, 0.4) is 0 Å². The molecule has 5 heteroatoms. The molecule has 108 valence electrons. The maximum atomic E-state index is 12.0. The molecule has 2 aromatic heterocycles. The van der Waals surface area contributed by atoms with E-state index in [0.29, 0.717) is 12.2 Å². The van der Waals surface area contributed by atoms with Crippen molar-refractivity contribution >= 4 is 27.5 Å². The molecule has 0 fully saturated rings. The molecule has 0 radical (unpaired) electrons. The van der Waals surface area contributed by atoms with Gasteiger partial charge in [0.1, 0.15) is 5.69 Å². The molecule has 0 saturated heterocycles. The van der Waals surface area contributed by atoms with Crippen molar-refractivity contribution in [3.63, 3.8) is 0 Å². The Kier molecular flexibility index (Phi) is 4.01. The Morgan fingerprint density at radius 3 is 2.90 bits per heavy atom. The first-order chi connectivity index (χ1) is 10.3. The van der Waals surface area contributed by atoms with Crippen LogP contribution in [-0.4, -0.2) is 22.4 Å². The molecule has 0 aliphatic heterocycles. The third-order valence-electron chi connectivity index (χ3n) is 3.33. The Hall–Kier alpha value is -2.14. The predicted molar refractivity (Wildman–Crippen MR) is 85.8 cm³/mol. The van der Waals surface area contributed by atoms with E-state index >= 15 is 0 Å². The highest BCUT2D eigenvalue weighted by Gasteiger charge is 2.08. The van der Waals surface area contributed by atoms with Crippen LogP contribution in [-0.2, 0) is 12.8 Å². The van der Waals surface area contributed by atoms with Crippen LogP contribution in [0.4, 0.5) is 0 Å². The number of hydrogen-bond donors (Lipinski definition) is 2. The van der Waals surface area contributed by atoms with Gasteiger partial charge in [-0.2, -0.15) is 0 Å². The number of carbonyl (C=O) groups excluding carboxylic acids is 1. The van der Waals surface area contributed by atoms with E-state index in [1.165, 1.54) is 4.70 Å². The van der Waals surface area contributed by atoms with E-state index < -0.39 is 0 Å². The number of para-hydroxylation sites is 1. The lowest BCUT2D eigenvalue weighted by atomic mass is 10.3. The first-order valence-corrected chi connectivity index (χ1v) is 7.88. The normalized spacial score (nSPS) is 10.9. The number of carbonyl (C=O) groups is 1. The lowest BCUT2D eigenvalue weighted by Gasteiger charge is -2.01. The van der Waals surface area contributed by atoms with Crippen molar-refractivity contribution in [1.29, 1.82) is 0 Å². The molecule has 0 atom stereocenters. The number of nitrogens with zero attached hydrogens (tertiary/aromatic N) is 1. The van der Waals surface area contributed by atoms with Crippen LogP contribution < -0.4 is 5.32 Å². The average Bonchev–Trinajstić information content (AvgIpc) is 3.13. The largest absolute Gasteiger partial charge is 0.354 e. The Bertz CT molecular complexity index is 727. The zero-order chi connectivity index (χ0) is 14.7. The number of aromatic amines is 1. The van der Waals surface area contributed by atoms with Gasteiger partial charge in [0.2, 0.25) is 0 Å². The minimum Gasteiger partial charge on any atom is -0.354 e. The molecule has 0 aliphatic carbocycles. The molecule has 0 saturated carbocycles. The van der Waals surface area contributed by atoms with Crippen molar-refractivity contribution in [3.8, 4) is 0 Å². The van der Waals surface area contributed by atoms with Gasteiger partial charge in [-0.25, -0.2) is 4.98 Å². The van der Waals surface area contributed by atoms with E-state index in [2.05, 4.69) is 28.3 Å². The molecule has 1 amide bonds. The third kappa shape index (κ3) is 3.13. The van der Waals surface area contributed by atoms with Gasteiger partial charge in [0.25, 0.3) is 5.91 Å². The van der Waals surface area contributed by atoms with Gasteiger partial charge < -0.3 is 10.3 Å². The second kappa shape index (κ2) is 6.10. The number of H-pyrrole nitrogens is 1. The summed E-state index contributed by atoms with van der Waals surface area (Å²) in [5.41, 5.74) is 2.73. The molecule has 0 bridgehead atoms. The fourth-order valence-corrected chi connectivity index (χ4v) is 3.15. The number of aryl methyl sites for hydroxylation is 1. The number of amides is 1. The van der Waals surface area contributed by atoms with E-state index in [1.54, 1.807) is 11.3 Å². The Balaban J connectivity index is 1.56. The second-order valence-corrected chi connectivity index (χ2v) is 5.95. The summed E-state index contributed by atoms with van der Waals surface area (Å²) < 4.78 is 1.19. The van der Waals surface area contributed by atoms with Crippen LogP contribution >= 0.6 is 11.3 Å². The topological polar surface area (TPSA) is 57.8 Å². The molecule has 0 aliphatic rings. The molecule has 0 unspecified atom stereocenters. The van der Waals surface area contributed by atoms with Gasteiger partial charge in [0.15, 0.2) is 0 Å². The van der Waals surface area contributed by atoms with Crippen molar-refractivity contribution in [2.45, 2.75) is 19.8 Å². The van der Waals surface area contributed by atoms with Gasteiger partial charge in [-0.05, 0) is 30.7 Å². The van der Waals surface area contributed by atoms with Gasteiger partial charge >= 0.3 is 0 Å². The lowest BCUT2D eigenvalue weighted by Crippen LogP contribution is -2.26. The summed E-state index contributed by atoms with van der Waals surface area (Å²) in [5, 5.41) is 3.98. The van der Waals surface area contributed by atoms with Crippen LogP contribution in [0.2, 0.25) is 0 Å². The molecule has 2 heterocycles. The van der Waals surface area contributed by atoms with Crippen LogP contribution in [0.1, 0.15) is 28.1 Å². The van der Waals surface area contributed by atoms with Gasteiger partial charge in [0, 0.05) is 18.7 Å². The van der Waals surface area contributed by atoms with E-state index in [1.807, 2.05) is 30.3 Å². The number of nitrogens with one attached hydrogen (secondary N) is 2. The van der Waals surface area contributed by atoms with Gasteiger partial charge in [-0.1, -0.05) is 19.1 Å².